The van der Waals surface area contributed by atoms with Crippen molar-refractivity contribution in [3.05, 3.63) is 16.1 Å². The van der Waals surface area contributed by atoms with Crippen molar-refractivity contribution in [3.8, 4) is 0 Å². The van der Waals surface area contributed by atoms with Gasteiger partial charge in [-0.1, -0.05) is 33.6 Å². The molecule has 0 aliphatic heterocycles. The van der Waals surface area contributed by atoms with Crippen LogP contribution in [0.25, 0.3) is 0 Å². The summed E-state index contributed by atoms with van der Waals surface area (Å²) in [4.78, 5) is 28.2. The van der Waals surface area contributed by atoms with Crippen molar-refractivity contribution in [2.45, 2.75) is 58.3 Å². The zero-order chi connectivity index (χ0) is 16.9. The average molecular weight is 337 g/mol. The maximum Gasteiger partial charge on any atom is 0.239 e. The second kappa shape index (κ2) is 7.90. The number of carbonyl (C=O) groups excluding carboxylic acids is 2. The van der Waals surface area contributed by atoms with E-state index in [4.69, 9.17) is 0 Å². The van der Waals surface area contributed by atoms with E-state index in [1.807, 2.05) is 0 Å². The smallest absolute Gasteiger partial charge is 0.239 e. The van der Waals surface area contributed by atoms with Crippen LogP contribution in [0.1, 0.15) is 57.2 Å². The molecule has 0 unspecified atom stereocenters. The third-order valence-electron chi connectivity index (χ3n) is 4.13. The second-order valence-electron chi connectivity index (χ2n) is 7.18. The van der Waals surface area contributed by atoms with Gasteiger partial charge in [-0.05, 0) is 12.8 Å². The van der Waals surface area contributed by atoms with Crippen LogP contribution in [0.5, 0.6) is 0 Å². The first-order valence-corrected chi connectivity index (χ1v) is 9.23. The van der Waals surface area contributed by atoms with Crippen molar-refractivity contribution in [1.29, 1.82) is 0 Å². The summed E-state index contributed by atoms with van der Waals surface area (Å²) in [6, 6.07) is 0. The van der Waals surface area contributed by atoms with E-state index in [0.29, 0.717) is 6.54 Å². The molecule has 2 N–H and O–H groups in total. The number of hydrogen-bond acceptors (Lipinski definition) is 4. The number of nitrogens with zero attached hydrogens (tertiary/aromatic N) is 1. The van der Waals surface area contributed by atoms with Gasteiger partial charge in [-0.2, -0.15) is 0 Å². The fraction of sp³-hybridized carbons (Fsp3) is 0.706. The van der Waals surface area contributed by atoms with Crippen molar-refractivity contribution in [3.63, 3.8) is 0 Å². The number of carbonyl (C=O) groups is 2. The van der Waals surface area contributed by atoms with Gasteiger partial charge >= 0.3 is 0 Å². The first-order valence-electron chi connectivity index (χ1n) is 8.35. The number of rotatable bonds is 6. The Labute approximate surface area is 142 Å². The molecule has 0 aromatic carbocycles. The van der Waals surface area contributed by atoms with Crippen LogP contribution in [0.15, 0.2) is 5.38 Å². The standard InChI is InChI=1S/C17H27N3O2S/c1-17(2,3)13-11-23-15(20-13)8-9-18-14(21)10-19-16(22)12-6-4-5-7-12/h11-12H,4-10H2,1-3H3,(H,18,21)(H,19,22). The number of thiazole rings is 1. The van der Waals surface area contributed by atoms with Crippen LogP contribution < -0.4 is 10.6 Å². The molecule has 1 heterocycles. The number of aromatic nitrogens is 1. The lowest BCUT2D eigenvalue weighted by molar-refractivity contribution is -0.128. The van der Waals surface area contributed by atoms with Gasteiger partial charge in [0, 0.05) is 29.7 Å². The molecule has 6 heteroatoms. The molecule has 1 aromatic rings. The molecular weight excluding hydrogens is 310 g/mol. The maximum absolute atomic E-state index is 11.8. The highest BCUT2D eigenvalue weighted by Crippen LogP contribution is 2.25. The molecule has 0 saturated heterocycles. The Hall–Kier alpha value is -1.43. The highest BCUT2D eigenvalue weighted by atomic mass is 32.1. The lowest BCUT2D eigenvalue weighted by atomic mass is 9.93. The van der Waals surface area contributed by atoms with Gasteiger partial charge in [-0.3, -0.25) is 9.59 Å². The molecule has 1 aliphatic rings. The Morgan fingerprint density at radius 2 is 1.96 bits per heavy atom. The van der Waals surface area contributed by atoms with Crippen LogP contribution >= 0.6 is 11.3 Å². The molecule has 0 radical (unpaired) electrons. The van der Waals surface area contributed by atoms with Gasteiger partial charge < -0.3 is 10.6 Å². The van der Waals surface area contributed by atoms with Crippen LogP contribution in [0.3, 0.4) is 0 Å². The number of nitrogens with one attached hydrogen (secondary N) is 2. The van der Waals surface area contributed by atoms with E-state index in [1.54, 1.807) is 11.3 Å². The Morgan fingerprint density at radius 3 is 2.57 bits per heavy atom. The van der Waals surface area contributed by atoms with Gasteiger partial charge in [0.15, 0.2) is 0 Å². The number of amides is 2. The minimum Gasteiger partial charge on any atom is -0.354 e. The fourth-order valence-electron chi connectivity index (χ4n) is 2.64. The van der Waals surface area contributed by atoms with Gasteiger partial charge in [0.2, 0.25) is 11.8 Å². The van der Waals surface area contributed by atoms with E-state index in [0.717, 1.165) is 42.8 Å². The molecule has 1 fully saturated rings. The highest BCUT2D eigenvalue weighted by Gasteiger charge is 2.22. The summed E-state index contributed by atoms with van der Waals surface area (Å²) < 4.78 is 0. The molecule has 1 aliphatic carbocycles. The van der Waals surface area contributed by atoms with E-state index in [9.17, 15) is 9.59 Å². The van der Waals surface area contributed by atoms with Crippen molar-refractivity contribution in [2.75, 3.05) is 13.1 Å². The first-order chi connectivity index (χ1) is 10.9. The molecule has 0 spiro atoms. The van der Waals surface area contributed by atoms with Crippen LogP contribution in [0.2, 0.25) is 0 Å². The summed E-state index contributed by atoms with van der Waals surface area (Å²) in [6.07, 6.45) is 4.87. The largest absolute Gasteiger partial charge is 0.354 e. The van der Waals surface area contributed by atoms with Crippen molar-refractivity contribution < 1.29 is 9.59 Å². The molecule has 5 nitrogen and oxygen atoms in total. The monoisotopic (exact) mass is 337 g/mol. The summed E-state index contributed by atoms with van der Waals surface area (Å²) in [5.74, 6) is -0.00900. The molecule has 23 heavy (non-hydrogen) atoms. The van der Waals surface area contributed by atoms with Gasteiger partial charge in [0.05, 0.1) is 17.2 Å². The fourth-order valence-corrected chi connectivity index (χ4v) is 3.67. The van der Waals surface area contributed by atoms with E-state index in [-0.39, 0.29) is 29.7 Å². The van der Waals surface area contributed by atoms with Gasteiger partial charge in [-0.15, -0.1) is 11.3 Å². The minimum atomic E-state index is -0.135. The van der Waals surface area contributed by atoms with Crippen molar-refractivity contribution in [2.24, 2.45) is 5.92 Å². The summed E-state index contributed by atoms with van der Waals surface area (Å²) in [6.45, 7) is 7.04. The summed E-state index contributed by atoms with van der Waals surface area (Å²) in [7, 11) is 0. The Morgan fingerprint density at radius 1 is 1.26 bits per heavy atom. The normalized spacial score (nSPS) is 15.6. The Kier molecular flexibility index (Phi) is 6.16. The number of hydrogen-bond donors (Lipinski definition) is 2. The van der Waals surface area contributed by atoms with Gasteiger partial charge in [-0.25, -0.2) is 4.98 Å². The van der Waals surface area contributed by atoms with E-state index in [2.05, 4.69) is 41.8 Å². The van der Waals surface area contributed by atoms with Gasteiger partial charge in [0.1, 0.15) is 0 Å². The van der Waals surface area contributed by atoms with Crippen LogP contribution in [0.4, 0.5) is 0 Å². The summed E-state index contributed by atoms with van der Waals surface area (Å²) >= 11 is 1.63. The molecule has 1 aromatic heterocycles. The Bertz CT molecular complexity index is 542. The molecule has 1 saturated carbocycles. The maximum atomic E-state index is 11.8. The van der Waals surface area contributed by atoms with Gasteiger partial charge in [0.25, 0.3) is 0 Å². The SMILES string of the molecule is CC(C)(C)c1csc(CCNC(=O)CNC(=O)C2CCCC2)n1. The zero-order valence-corrected chi connectivity index (χ0v) is 15.1. The highest BCUT2D eigenvalue weighted by molar-refractivity contribution is 7.09. The molecule has 2 amide bonds. The van der Waals surface area contributed by atoms with Crippen molar-refractivity contribution in [1.82, 2.24) is 15.6 Å². The zero-order valence-electron chi connectivity index (χ0n) is 14.3. The lowest BCUT2D eigenvalue weighted by Gasteiger charge is -2.14. The van der Waals surface area contributed by atoms with E-state index < -0.39 is 0 Å². The predicted octanol–water partition coefficient (Wildman–Crippen LogP) is 2.41. The lowest BCUT2D eigenvalue weighted by Crippen LogP contribution is -2.39. The first kappa shape index (κ1) is 17.9. The third-order valence-corrected chi connectivity index (χ3v) is 5.04. The molecule has 0 bridgehead atoms. The Balaban J connectivity index is 1.64. The van der Waals surface area contributed by atoms with Crippen LogP contribution in [-0.2, 0) is 21.4 Å². The molecule has 2 rings (SSSR count). The average Bonchev–Trinajstić information content (AvgIpc) is 3.15. The quantitative estimate of drug-likeness (QED) is 0.837. The summed E-state index contributed by atoms with van der Waals surface area (Å²) in [5.41, 5.74) is 1.15. The van der Waals surface area contributed by atoms with Crippen molar-refractivity contribution >= 4 is 23.2 Å². The predicted molar refractivity (Wildman–Crippen MR) is 92.5 cm³/mol. The molecular formula is C17H27N3O2S. The van der Waals surface area contributed by atoms with Crippen LogP contribution in [0, 0.1) is 5.92 Å². The van der Waals surface area contributed by atoms with E-state index in [1.165, 1.54) is 0 Å². The molecule has 0 atom stereocenters. The topological polar surface area (TPSA) is 71.1 Å². The molecule has 128 valence electrons. The summed E-state index contributed by atoms with van der Waals surface area (Å²) in [5, 5.41) is 8.69. The van der Waals surface area contributed by atoms with E-state index >= 15 is 0 Å². The third kappa shape index (κ3) is 5.61. The minimum absolute atomic E-state index is 0.0207. The van der Waals surface area contributed by atoms with Crippen LogP contribution in [-0.4, -0.2) is 29.9 Å². The second-order valence-corrected chi connectivity index (χ2v) is 8.12.